The Labute approximate surface area is 115 Å². The smallest absolute Gasteiger partial charge is 0.0476 e. The number of halogens is 1. The molecular weight excluding hydrogens is 244 g/mol. The molecule has 1 atom stereocenters. The van der Waals surface area contributed by atoms with Gasteiger partial charge in [0.2, 0.25) is 0 Å². The molecule has 1 aromatic carbocycles. The number of anilines is 1. The van der Waals surface area contributed by atoms with Crippen LogP contribution in [-0.4, -0.2) is 37.1 Å². The number of hydrogen-bond acceptors (Lipinski definition) is 2. The van der Waals surface area contributed by atoms with Crippen LogP contribution in [0.4, 0.5) is 5.69 Å². The van der Waals surface area contributed by atoms with Crippen molar-refractivity contribution in [1.82, 2.24) is 4.90 Å². The Bertz CT molecular complexity index is 433. The van der Waals surface area contributed by atoms with Gasteiger partial charge >= 0.3 is 0 Å². The van der Waals surface area contributed by atoms with Crippen molar-refractivity contribution in [2.45, 2.75) is 31.7 Å². The summed E-state index contributed by atoms with van der Waals surface area (Å²) >= 11 is 5.92. The molecule has 2 saturated heterocycles. The molecule has 0 aliphatic carbocycles. The third-order valence-electron chi connectivity index (χ3n) is 4.42. The quantitative estimate of drug-likeness (QED) is 0.758. The van der Waals surface area contributed by atoms with Crippen LogP contribution in [0, 0.1) is 6.92 Å². The molecule has 0 spiro atoms. The molecule has 2 fully saturated rings. The van der Waals surface area contributed by atoms with Gasteiger partial charge in [0.05, 0.1) is 0 Å². The van der Waals surface area contributed by atoms with E-state index in [9.17, 15) is 0 Å². The van der Waals surface area contributed by atoms with Gasteiger partial charge in [-0.05, 0) is 49.6 Å². The SMILES string of the molecule is Cc1cc(N2CCN3CCCC3C2)ccc1CCl. The molecule has 0 aromatic heterocycles. The molecule has 0 saturated carbocycles. The maximum atomic E-state index is 5.92. The second kappa shape index (κ2) is 5.10. The van der Waals surface area contributed by atoms with Gasteiger partial charge in [-0.25, -0.2) is 0 Å². The second-order valence-corrected chi connectivity index (χ2v) is 5.79. The molecule has 2 aliphatic rings. The summed E-state index contributed by atoms with van der Waals surface area (Å²) < 4.78 is 0. The van der Waals surface area contributed by atoms with Crippen LogP contribution in [0.5, 0.6) is 0 Å². The van der Waals surface area contributed by atoms with Gasteiger partial charge < -0.3 is 4.90 Å². The fourth-order valence-electron chi connectivity index (χ4n) is 3.25. The molecule has 18 heavy (non-hydrogen) atoms. The molecule has 0 bridgehead atoms. The van der Waals surface area contributed by atoms with Crippen molar-refractivity contribution in [1.29, 1.82) is 0 Å². The van der Waals surface area contributed by atoms with Crippen LogP contribution in [0.25, 0.3) is 0 Å². The maximum Gasteiger partial charge on any atom is 0.0476 e. The van der Waals surface area contributed by atoms with E-state index in [4.69, 9.17) is 11.6 Å². The molecule has 3 heteroatoms. The fourth-order valence-corrected chi connectivity index (χ4v) is 3.55. The number of rotatable bonds is 2. The Morgan fingerprint density at radius 3 is 2.94 bits per heavy atom. The number of benzene rings is 1. The van der Waals surface area contributed by atoms with Crippen LogP contribution < -0.4 is 4.90 Å². The molecule has 0 radical (unpaired) electrons. The normalized spacial score (nSPS) is 24.3. The lowest BCUT2D eigenvalue weighted by molar-refractivity contribution is 0.231. The van der Waals surface area contributed by atoms with Gasteiger partial charge in [0.25, 0.3) is 0 Å². The van der Waals surface area contributed by atoms with Gasteiger partial charge in [-0.2, -0.15) is 0 Å². The molecule has 98 valence electrons. The average Bonchev–Trinajstić information content (AvgIpc) is 2.85. The van der Waals surface area contributed by atoms with Gasteiger partial charge in [-0.15, -0.1) is 11.6 Å². The van der Waals surface area contributed by atoms with Crippen LogP contribution in [0.2, 0.25) is 0 Å². The monoisotopic (exact) mass is 264 g/mol. The Morgan fingerprint density at radius 2 is 2.17 bits per heavy atom. The van der Waals surface area contributed by atoms with E-state index in [-0.39, 0.29) is 0 Å². The molecule has 2 nitrogen and oxygen atoms in total. The molecule has 2 heterocycles. The van der Waals surface area contributed by atoms with Crippen molar-refractivity contribution in [3.8, 4) is 0 Å². The number of fused-ring (bicyclic) bond motifs is 1. The highest BCUT2D eigenvalue weighted by Gasteiger charge is 2.30. The largest absolute Gasteiger partial charge is 0.369 e. The van der Waals surface area contributed by atoms with Crippen LogP contribution in [0.3, 0.4) is 0 Å². The Morgan fingerprint density at radius 1 is 1.28 bits per heavy atom. The predicted octanol–water partition coefficient (Wildman–Crippen LogP) is 3.02. The van der Waals surface area contributed by atoms with E-state index in [1.807, 2.05) is 0 Å². The van der Waals surface area contributed by atoms with Crippen LogP contribution >= 0.6 is 11.6 Å². The number of alkyl halides is 1. The van der Waals surface area contributed by atoms with E-state index in [1.54, 1.807) is 0 Å². The van der Waals surface area contributed by atoms with E-state index < -0.39 is 0 Å². The topological polar surface area (TPSA) is 6.48 Å². The summed E-state index contributed by atoms with van der Waals surface area (Å²) in [6.45, 7) is 7.05. The van der Waals surface area contributed by atoms with Gasteiger partial charge in [0.15, 0.2) is 0 Å². The number of nitrogens with zero attached hydrogens (tertiary/aromatic N) is 2. The van der Waals surface area contributed by atoms with Crippen molar-refractivity contribution in [2.75, 3.05) is 31.1 Å². The van der Waals surface area contributed by atoms with Gasteiger partial charge in [-0.3, -0.25) is 4.90 Å². The standard InChI is InChI=1S/C15H21ClN2/c1-12-9-14(5-4-13(12)10-16)18-8-7-17-6-2-3-15(17)11-18/h4-5,9,15H,2-3,6-8,10-11H2,1H3. The molecule has 2 aliphatic heterocycles. The lowest BCUT2D eigenvalue weighted by Gasteiger charge is -2.39. The maximum absolute atomic E-state index is 5.92. The number of piperazine rings is 1. The van der Waals surface area contributed by atoms with E-state index in [0.717, 1.165) is 12.6 Å². The Balaban J connectivity index is 1.76. The lowest BCUT2D eigenvalue weighted by Crippen LogP contribution is -2.50. The van der Waals surface area contributed by atoms with Gasteiger partial charge in [-0.1, -0.05) is 6.07 Å². The third-order valence-corrected chi connectivity index (χ3v) is 4.71. The zero-order chi connectivity index (χ0) is 12.5. The summed E-state index contributed by atoms with van der Waals surface area (Å²) in [5.41, 5.74) is 3.93. The first kappa shape index (κ1) is 12.3. The molecule has 1 aromatic rings. The van der Waals surface area contributed by atoms with E-state index in [0.29, 0.717) is 5.88 Å². The van der Waals surface area contributed by atoms with E-state index in [2.05, 4.69) is 34.9 Å². The zero-order valence-corrected chi connectivity index (χ0v) is 11.8. The Kier molecular flexibility index (Phi) is 3.49. The van der Waals surface area contributed by atoms with Gasteiger partial charge in [0.1, 0.15) is 0 Å². The summed E-state index contributed by atoms with van der Waals surface area (Å²) in [5.74, 6) is 0.614. The minimum Gasteiger partial charge on any atom is -0.369 e. The first-order valence-electron chi connectivity index (χ1n) is 6.92. The van der Waals surface area contributed by atoms with Crippen molar-refractivity contribution in [3.05, 3.63) is 29.3 Å². The molecule has 0 amide bonds. The average molecular weight is 265 g/mol. The predicted molar refractivity (Wildman–Crippen MR) is 77.5 cm³/mol. The summed E-state index contributed by atoms with van der Waals surface area (Å²) in [4.78, 5) is 5.19. The molecule has 1 unspecified atom stereocenters. The Hall–Kier alpha value is -0.730. The first-order valence-corrected chi connectivity index (χ1v) is 7.46. The first-order chi connectivity index (χ1) is 8.78. The summed E-state index contributed by atoms with van der Waals surface area (Å²) in [5, 5.41) is 0. The highest BCUT2D eigenvalue weighted by molar-refractivity contribution is 6.17. The highest BCUT2D eigenvalue weighted by atomic mass is 35.5. The lowest BCUT2D eigenvalue weighted by atomic mass is 10.1. The minimum atomic E-state index is 0.614. The van der Waals surface area contributed by atoms with Crippen LogP contribution in [0.15, 0.2) is 18.2 Å². The minimum absolute atomic E-state index is 0.614. The van der Waals surface area contributed by atoms with Crippen LogP contribution in [-0.2, 0) is 5.88 Å². The molecule has 0 N–H and O–H groups in total. The summed E-state index contributed by atoms with van der Waals surface area (Å²) in [6.07, 6.45) is 2.75. The van der Waals surface area contributed by atoms with Crippen molar-refractivity contribution < 1.29 is 0 Å². The summed E-state index contributed by atoms with van der Waals surface area (Å²) in [6, 6.07) is 7.49. The van der Waals surface area contributed by atoms with Crippen molar-refractivity contribution in [2.24, 2.45) is 0 Å². The fraction of sp³-hybridized carbons (Fsp3) is 0.600. The summed E-state index contributed by atoms with van der Waals surface area (Å²) in [7, 11) is 0. The van der Waals surface area contributed by atoms with Crippen molar-refractivity contribution in [3.63, 3.8) is 0 Å². The second-order valence-electron chi connectivity index (χ2n) is 5.52. The molecule has 3 rings (SSSR count). The van der Waals surface area contributed by atoms with E-state index >= 15 is 0 Å². The number of hydrogen-bond donors (Lipinski definition) is 0. The zero-order valence-electron chi connectivity index (χ0n) is 11.0. The van der Waals surface area contributed by atoms with Gasteiger partial charge in [0, 0.05) is 37.2 Å². The highest BCUT2D eigenvalue weighted by Crippen LogP contribution is 2.27. The molecular formula is C15H21ClN2. The number of aryl methyl sites for hydroxylation is 1. The third kappa shape index (κ3) is 2.24. The van der Waals surface area contributed by atoms with E-state index in [1.165, 1.54) is 49.3 Å². The van der Waals surface area contributed by atoms with Crippen LogP contribution in [0.1, 0.15) is 24.0 Å². The van der Waals surface area contributed by atoms with Crippen molar-refractivity contribution >= 4 is 17.3 Å².